The molecule has 0 saturated heterocycles. The Morgan fingerprint density at radius 2 is 2.10 bits per heavy atom. The molecule has 2 nitrogen and oxygen atoms in total. The average molecular weight is 243 g/mol. The highest BCUT2D eigenvalue weighted by molar-refractivity contribution is 8.00. The molecule has 0 aromatic carbocycles. The van der Waals surface area contributed by atoms with E-state index in [9.17, 15) is 0 Å². The van der Waals surface area contributed by atoms with E-state index in [-0.39, 0.29) is 10.5 Å². The fraction of sp³-hybridized carbons (Fsp3) is 0.667. The highest BCUT2D eigenvalue weighted by atomic mass is 35.9. The standard InChI is InChI=1S/C3H4Cl4NOP/c1-2(4)3(5)8-9-10(6)7/h2H,1H3/b8-3-. The molecule has 0 aliphatic heterocycles. The van der Waals surface area contributed by atoms with Crippen LogP contribution in [0, 0.1) is 0 Å². The number of nitrogens with zero attached hydrogens (tertiary/aromatic N) is 1. The van der Waals surface area contributed by atoms with Gasteiger partial charge < -0.3 is 4.62 Å². The molecule has 0 aromatic rings. The Hall–Kier alpha value is 1.06. The Labute approximate surface area is 79.8 Å². The van der Waals surface area contributed by atoms with Crippen LogP contribution >= 0.6 is 52.5 Å². The number of halogens is 4. The zero-order valence-corrected chi connectivity index (χ0v) is 8.81. The van der Waals surface area contributed by atoms with Crippen LogP contribution in [0.15, 0.2) is 5.16 Å². The molecular weight excluding hydrogens is 239 g/mol. The van der Waals surface area contributed by atoms with Gasteiger partial charge in [-0.25, -0.2) is 0 Å². The molecule has 1 atom stereocenters. The van der Waals surface area contributed by atoms with Crippen molar-refractivity contribution in [2.75, 3.05) is 0 Å². The van der Waals surface area contributed by atoms with E-state index in [1.54, 1.807) is 6.92 Å². The number of rotatable bonds is 3. The molecule has 0 amide bonds. The van der Waals surface area contributed by atoms with Crippen LogP contribution in [-0.2, 0) is 4.62 Å². The molecular formula is C3H4Cl4NOP. The van der Waals surface area contributed by atoms with Crippen LogP contribution in [0.1, 0.15) is 6.92 Å². The summed E-state index contributed by atoms with van der Waals surface area (Å²) in [5.74, 6) is 0. The quantitative estimate of drug-likeness (QED) is 0.319. The van der Waals surface area contributed by atoms with Crippen LogP contribution in [0.5, 0.6) is 0 Å². The lowest BCUT2D eigenvalue weighted by atomic mass is 10.5. The van der Waals surface area contributed by atoms with E-state index in [1.807, 2.05) is 0 Å². The molecule has 0 saturated carbocycles. The van der Waals surface area contributed by atoms with Crippen molar-refractivity contribution in [2.24, 2.45) is 5.16 Å². The first-order valence-corrected chi connectivity index (χ1v) is 6.08. The van der Waals surface area contributed by atoms with Gasteiger partial charge >= 0.3 is 6.85 Å². The largest absolute Gasteiger partial charge is 0.342 e. The smallest absolute Gasteiger partial charge is 0.314 e. The van der Waals surface area contributed by atoms with Crippen molar-refractivity contribution >= 4 is 57.7 Å². The highest BCUT2D eigenvalue weighted by Gasteiger charge is 2.05. The SMILES string of the molecule is CC(Cl)/C(Cl)=N/OP(Cl)Cl. The lowest BCUT2D eigenvalue weighted by Gasteiger charge is -1.99. The summed E-state index contributed by atoms with van der Waals surface area (Å²) in [7, 11) is 0. The summed E-state index contributed by atoms with van der Waals surface area (Å²) in [6, 6.07) is 0. The Morgan fingerprint density at radius 3 is 2.40 bits per heavy atom. The molecule has 60 valence electrons. The molecule has 0 heterocycles. The third-order valence-corrected chi connectivity index (χ3v) is 1.81. The number of alkyl halides is 1. The minimum absolute atomic E-state index is 0.135. The Bertz CT molecular complexity index is 128. The lowest BCUT2D eigenvalue weighted by Crippen LogP contribution is -2.01. The number of oxime groups is 1. The van der Waals surface area contributed by atoms with E-state index in [4.69, 9.17) is 45.7 Å². The van der Waals surface area contributed by atoms with Gasteiger partial charge in [-0.15, -0.1) is 11.6 Å². The third-order valence-electron chi connectivity index (χ3n) is 0.518. The van der Waals surface area contributed by atoms with Crippen molar-refractivity contribution in [1.82, 2.24) is 0 Å². The van der Waals surface area contributed by atoms with Crippen molar-refractivity contribution in [1.29, 1.82) is 0 Å². The van der Waals surface area contributed by atoms with Gasteiger partial charge in [0.1, 0.15) is 0 Å². The molecule has 0 aliphatic rings. The molecule has 0 aromatic heterocycles. The molecule has 10 heavy (non-hydrogen) atoms. The fourth-order valence-electron chi connectivity index (χ4n) is 0.142. The number of hydrogen-bond donors (Lipinski definition) is 0. The molecule has 0 N–H and O–H groups in total. The summed E-state index contributed by atoms with van der Waals surface area (Å²) in [4.78, 5) is 0. The highest BCUT2D eigenvalue weighted by Crippen LogP contribution is 2.48. The molecule has 0 rings (SSSR count). The molecule has 0 radical (unpaired) electrons. The maximum absolute atomic E-state index is 5.49. The molecule has 0 bridgehead atoms. The molecule has 0 spiro atoms. The summed E-state index contributed by atoms with van der Waals surface area (Å²) in [5.41, 5.74) is 0. The van der Waals surface area contributed by atoms with Gasteiger partial charge in [0.15, 0.2) is 5.17 Å². The summed E-state index contributed by atoms with van der Waals surface area (Å²) >= 11 is 21.4. The lowest BCUT2D eigenvalue weighted by molar-refractivity contribution is 0.397. The molecule has 1 unspecified atom stereocenters. The third kappa shape index (κ3) is 5.82. The van der Waals surface area contributed by atoms with Crippen LogP contribution in [0.25, 0.3) is 0 Å². The summed E-state index contributed by atoms with van der Waals surface area (Å²) in [6.45, 7) is 0.110. The van der Waals surface area contributed by atoms with Gasteiger partial charge in [-0.2, -0.15) is 0 Å². The van der Waals surface area contributed by atoms with Crippen molar-refractivity contribution < 1.29 is 4.62 Å². The summed E-state index contributed by atoms with van der Waals surface area (Å²) in [5, 5.41) is 3.09. The Morgan fingerprint density at radius 1 is 1.60 bits per heavy atom. The van der Waals surface area contributed by atoms with Gasteiger partial charge in [-0.3, -0.25) is 0 Å². The minimum atomic E-state index is -1.54. The van der Waals surface area contributed by atoms with Crippen LogP contribution in [-0.4, -0.2) is 10.5 Å². The van der Waals surface area contributed by atoms with Gasteiger partial charge in [0.05, 0.1) is 5.38 Å². The van der Waals surface area contributed by atoms with E-state index < -0.39 is 6.85 Å². The monoisotopic (exact) mass is 241 g/mol. The second-order valence-corrected chi connectivity index (χ2v) is 5.28. The van der Waals surface area contributed by atoms with Crippen LogP contribution in [0.4, 0.5) is 0 Å². The van der Waals surface area contributed by atoms with E-state index in [2.05, 4.69) is 9.78 Å². The molecule has 0 aliphatic carbocycles. The zero-order valence-electron chi connectivity index (χ0n) is 4.89. The normalized spacial score (nSPS) is 15.6. The van der Waals surface area contributed by atoms with Crippen LogP contribution in [0.3, 0.4) is 0 Å². The average Bonchev–Trinajstić information content (AvgIpc) is 1.82. The van der Waals surface area contributed by atoms with E-state index in [0.717, 1.165) is 0 Å². The summed E-state index contributed by atoms with van der Waals surface area (Å²) < 4.78 is 4.43. The second-order valence-electron chi connectivity index (χ2n) is 1.31. The minimum Gasteiger partial charge on any atom is -0.342 e. The Balaban J connectivity index is 3.69. The van der Waals surface area contributed by atoms with Gasteiger partial charge in [0, 0.05) is 0 Å². The Kier molecular flexibility index (Phi) is 6.28. The first-order chi connectivity index (χ1) is 4.54. The maximum Gasteiger partial charge on any atom is 0.314 e. The van der Waals surface area contributed by atoms with Crippen molar-refractivity contribution in [3.8, 4) is 0 Å². The van der Waals surface area contributed by atoms with Crippen molar-refractivity contribution in [2.45, 2.75) is 12.3 Å². The van der Waals surface area contributed by atoms with Gasteiger partial charge in [0.2, 0.25) is 0 Å². The zero-order chi connectivity index (χ0) is 8.15. The van der Waals surface area contributed by atoms with Crippen LogP contribution < -0.4 is 0 Å². The topological polar surface area (TPSA) is 21.6 Å². The molecule has 0 fully saturated rings. The van der Waals surface area contributed by atoms with Crippen molar-refractivity contribution in [3.05, 3.63) is 0 Å². The fourth-order valence-corrected chi connectivity index (χ4v) is 0.600. The first-order valence-electron chi connectivity index (χ1n) is 2.20. The second kappa shape index (κ2) is 5.68. The first kappa shape index (κ1) is 11.1. The molecule has 7 heteroatoms. The summed E-state index contributed by atoms with van der Waals surface area (Å²) in [6.07, 6.45) is 0. The predicted molar refractivity (Wildman–Crippen MR) is 48.3 cm³/mol. The van der Waals surface area contributed by atoms with Crippen molar-refractivity contribution in [3.63, 3.8) is 0 Å². The predicted octanol–water partition coefficient (Wildman–Crippen LogP) is 3.89. The van der Waals surface area contributed by atoms with E-state index in [1.165, 1.54) is 0 Å². The maximum atomic E-state index is 5.49. The van der Waals surface area contributed by atoms with Gasteiger partial charge in [0.25, 0.3) is 0 Å². The van der Waals surface area contributed by atoms with Crippen LogP contribution in [0.2, 0.25) is 0 Å². The number of hydrogen-bond acceptors (Lipinski definition) is 2. The van der Waals surface area contributed by atoms with Gasteiger partial charge in [-0.1, -0.05) is 16.8 Å². The van der Waals surface area contributed by atoms with E-state index in [0.29, 0.717) is 0 Å². The van der Waals surface area contributed by atoms with Gasteiger partial charge in [-0.05, 0) is 29.4 Å². The van der Waals surface area contributed by atoms with E-state index >= 15 is 0 Å².